The molecule has 4 aromatic rings. The number of hydrogen-bond acceptors (Lipinski definition) is 5. The highest BCUT2D eigenvalue weighted by molar-refractivity contribution is 5.80. The van der Waals surface area contributed by atoms with Crippen LogP contribution in [-0.2, 0) is 7.05 Å². The second-order valence-electron chi connectivity index (χ2n) is 5.68. The molecule has 0 atom stereocenters. The van der Waals surface area contributed by atoms with Gasteiger partial charge in [-0.05, 0) is 31.2 Å². The van der Waals surface area contributed by atoms with Crippen LogP contribution in [0.3, 0.4) is 0 Å². The van der Waals surface area contributed by atoms with Crippen molar-refractivity contribution in [3.8, 4) is 16.9 Å². The van der Waals surface area contributed by atoms with Gasteiger partial charge in [0.1, 0.15) is 5.52 Å². The van der Waals surface area contributed by atoms with E-state index in [0.29, 0.717) is 5.69 Å². The number of aromatic amines is 1. The zero-order valence-corrected chi connectivity index (χ0v) is 13.6. The first-order chi connectivity index (χ1) is 12.0. The van der Waals surface area contributed by atoms with Crippen LogP contribution in [0.2, 0.25) is 0 Å². The van der Waals surface area contributed by atoms with Crippen molar-refractivity contribution in [3.05, 3.63) is 69.3 Å². The molecule has 0 amide bonds. The molecule has 25 heavy (non-hydrogen) atoms. The van der Waals surface area contributed by atoms with Crippen molar-refractivity contribution in [3.63, 3.8) is 0 Å². The zero-order chi connectivity index (χ0) is 17.6. The summed E-state index contributed by atoms with van der Waals surface area (Å²) < 4.78 is 2.84. The summed E-state index contributed by atoms with van der Waals surface area (Å²) in [6.45, 7) is 1.87. The molecule has 124 valence electrons. The maximum absolute atomic E-state index is 12.3. The molecule has 0 aliphatic carbocycles. The molecule has 0 fully saturated rings. The third-order valence-corrected chi connectivity index (χ3v) is 4.00. The molecule has 0 unspecified atom stereocenters. The van der Waals surface area contributed by atoms with Crippen molar-refractivity contribution in [2.24, 2.45) is 7.05 Å². The monoisotopic (exact) mass is 334 g/mol. The molecule has 1 N–H and O–H groups in total. The average molecular weight is 334 g/mol. The number of hydrogen-bond donors (Lipinski definition) is 1. The normalized spacial score (nSPS) is 11.1. The molecule has 4 rings (SSSR count). The van der Waals surface area contributed by atoms with E-state index in [-0.39, 0.29) is 22.0 Å². The van der Waals surface area contributed by atoms with Crippen molar-refractivity contribution in [2.75, 3.05) is 0 Å². The molecule has 8 heteroatoms. The summed E-state index contributed by atoms with van der Waals surface area (Å²) in [6.07, 6.45) is 5.23. The van der Waals surface area contributed by atoms with E-state index < -0.39 is 0 Å². The van der Waals surface area contributed by atoms with Crippen LogP contribution in [0.25, 0.3) is 27.8 Å². The molecule has 0 aliphatic heterocycles. The number of aryl methyl sites for hydroxylation is 2. The number of nitrogens with one attached hydrogen (secondary N) is 1. The fourth-order valence-electron chi connectivity index (χ4n) is 2.71. The van der Waals surface area contributed by atoms with Gasteiger partial charge >= 0.3 is 0 Å². The van der Waals surface area contributed by atoms with Gasteiger partial charge in [-0.15, -0.1) is 0 Å². The Hall–Kier alpha value is -3.55. The van der Waals surface area contributed by atoms with Gasteiger partial charge in [-0.3, -0.25) is 24.4 Å². The molecule has 0 bridgehead atoms. The summed E-state index contributed by atoms with van der Waals surface area (Å²) >= 11 is 0. The highest BCUT2D eigenvalue weighted by atomic mass is 16.2. The predicted octanol–water partition coefficient (Wildman–Crippen LogP) is 1.18. The van der Waals surface area contributed by atoms with Gasteiger partial charge in [-0.2, -0.15) is 5.10 Å². The molecule has 4 aromatic heterocycles. The second-order valence-corrected chi connectivity index (χ2v) is 5.68. The van der Waals surface area contributed by atoms with Gasteiger partial charge in [0.15, 0.2) is 0 Å². The lowest BCUT2D eigenvalue weighted by molar-refractivity contribution is 0.702. The standard InChI is InChI=1S/C17H14N6O2/c1-10-13(9-23(20-10)11-4-3-7-18-8-11)14-6-5-12-15(19-14)17(25)22(2)21-16(12)24/h3-9H,1-2H3,(H,21,24). The van der Waals surface area contributed by atoms with Crippen LogP contribution in [0, 0.1) is 6.92 Å². The average Bonchev–Trinajstić information content (AvgIpc) is 3.02. The van der Waals surface area contributed by atoms with Crippen molar-refractivity contribution < 1.29 is 0 Å². The van der Waals surface area contributed by atoms with Crippen LogP contribution in [0.5, 0.6) is 0 Å². The van der Waals surface area contributed by atoms with Crippen LogP contribution in [0.15, 0.2) is 52.4 Å². The summed E-state index contributed by atoms with van der Waals surface area (Å²) in [7, 11) is 1.49. The van der Waals surface area contributed by atoms with Gasteiger partial charge in [0.25, 0.3) is 11.1 Å². The van der Waals surface area contributed by atoms with E-state index in [1.165, 1.54) is 7.05 Å². The summed E-state index contributed by atoms with van der Waals surface area (Å²) in [5.41, 5.74) is 2.39. The highest BCUT2D eigenvalue weighted by Crippen LogP contribution is 2.23. The number of pyridine rings is 2. The molecule has 0 radical (unpaired) electrons. The van der Waals surface area contributed by atoms with Crippen molar-refractivity contribution in [1.82, 2.24) is 29.5 Å². The van der Waals surface area contributed by atoms with Crippen LogP contribution in [-0.4, -0.2) is 29.5 Å². The van der Waals surface area contributed by atoms with Gasteiger partial charge in [0, 0.05) is 25.0 Å². The van der Waals surface area contributed by atoms with E-state index in [0.717, 1.165) is 21.6 Å². The Balaban J connectivity index is 1.91. The summed E-state index contributed by atoms with van der Waals surface area (Å²) in [5.74, 6) is 0. The first kappa shape index (κ1) is 15.0. The molecule has 0 aliphatic rings. The van der Waals surface area contributed by atoms with E-state index in [1.807, 2.05) is 25.3 Å². The summed E-state index contributed by atoms with van der Waals surface area (Å²) in [4.78, 5) is 32.8. The van der Waals surface area contributed by atoms with Crippen molar-refractivity contribution in [2.45, 2.75) is 6.92 Å². The Morgan fingerprint density at radius 3 is 2.76 bits per heavy atom. The molecule has 0 saturated heterocycles. The topological polar surface area (TPSA) is 98.5 Å². The van der Waals surface area contributed by atoms with Crippen LogP contribution < -0.4 is 11.1 Å². The summed E-state index contributed by atoms with van der Waals surface area (Å²) in [5, 5.41) is 7.21. The molecule has 0 spiro atoms. The Bertz CT molecular complexity index is 1200. The summed E-state index contributed by atoms with van der Waals surface area (Å²) in [6, 6.07) is 7.05. The van der Waals surface area contributed by atoms with Crippen molar-refractivity contribution >= 4 is 10.9 Å². The lowest BCUT2D eigenvalue weighted by Gasteiger charge is -2.03. The third-order valence-electron chi connectivity index (χ3n) is 4.00. The molecule has 8 nitrogen and oxygen atoms in total. The van der Waals surface area contributed by atoms with Gasteiger partial charge in [0.05, 0.1) is 28.7 Å². The molecular formula is C17H14N6O2. The lowest BCUT2D eigenvalue weighted by atomic mass is 10.1. The van der Waals surface area contributed by atoms with Gasteiger partial charge in [-0.25, -0.2) is 9.67 Å². The number of fused-ring (bicyclic) bond motifs is 1. The van der Waals surface area contributed by atoms with Gasteiger partial charge in [0.2, 0.25) is 0 Å². The first-order valence-electron chi connectivity index (χ1n) is 7.62. The number of H-pyrrole nitrogens is 1. The van der Waals surface area contributed by atoms with Crippen LogP contribution in [0.4, 0.5) is 0 Å². The van der Waals surface area contributed by atoms with E-state index in [1.54, 1.807) is 29.2 Å². The Morgan fingerprint density at radius 1 is 1.16 bits per heavy atom. The minimum Gasteiger partial charge on any atom is -0.267 e. The minimum absolute atomic E-state index is 0.136. The maximum Gasteiger partial charge on any atom is 0.291 e. The smallest absolute Gasteiger partial charge is 0.267 e. The quantitative estimate of drug-likeness (QED) is 0.593. The highest BCUT2D eigenvalue weighted by Gasteiger charge is 2.13. The Labute approximate surface area is 141 Å². The zero-order valence-electron chi connectivity index (χ0n) is 13.6. The van der Waals surface area contributed by atoms with E-state index >= 15 is 0 Å². The molecular weight excluding hydrogens is 320 g/mol. The predicted molar refractivity (Wildman–Crippen MR) is 92.7 cm³/mol. The molecule has 0 saturated carbocycles. The number of rotatable bonds is 2. The lowest BCUT2D eigenvalue weighted by Crippen LogP contribution is -2.28. The second kappa shape index (κ2) is 5.52. The fraction of sp³-hybridized carbons (Fsp3) is 0.118. The van der Waals surface area contributed by atoms with Gasteiger partial charge in [-0.1, -0.05) is 0 Å². The molecule has 0 aromatic carbocycles. The molecule has 4 heterocycles. The maximum atomic E-state index is 12.3. The first-order valence-corrected chi connectivity index (χ1v) is 7.62. The van der Waals surface area contributed by atoms with Crippen LogP contribution in [0.1, 0.15) is 5.69 Å². The van der Waals surface area contributed by atoms with E-state index in [4.69, 9.17) is 0 Å². The Morgan fingerprint density at radius 2 is 2.00 bits per heavy atom. The largest absolute Gasteiger partial charge is 0.291 e. The number of nitrogens with zero attached hydrogens (tertiary/aromatic N) is 5. The van der Waals surface area contributed by atoms with Crippen LogP contribution >= 0.6 is 0 Å². The van der Waals surface area contributed by atoms with E-state index in [9.17, 15) is 9.59 Å². The Kier molecular flexibility index (Phi) is 3.31. The number of aromatic nitrogens is 6. The third kappa shape index (κ3) is 2.44. The van der Waals surface area contributed by atoms with Gasteiger partial charge < -0.3 is 0 Å². The van der Waals surface area contributed by atoms with E-state index in [2.05, 4.69) is 20.2 Å². The fourth-order valence-corrected chi connectivity index (χ4v) is 2.71. The van der Waals surface area contributed by atoms with Crippen molar-refractivity contribution in [1.29, 1.82) is 0 Å². The minimum atomic E-state index is -0.353. The SMILES string of the molecule is Cc1nn(-c2cccnc2)cc1-c1ccc2c(=O)[nH]n(C)c(=O)c2n1.